The van der Waals surface area contributed by atoms with Crippen molar-refractivity contribution in [2.45, 2.75) is 13.0 Å². The number of hydrogen-bond acceptors (Lipinski definition) is 3. The highest BCUT2D eigenvalue weighted by Crippen LogP contribution is 2.25. The summed E-state index contributed by atoms with van der Waals surface area (Å²) in [6, 6.07) is 11.8. The van der Waals surface area contributed by atoms with Crippen LogP contribution in [0, 0.1) is 5.82 Å². The molecule has 0 aliphatic rings. The summed E-state index contributed by atoms with van der Waals surface area (Å²) in [5.41, 5.74) is 0.307. The molecular weight excluding hydrogens is 295 g/mol. The molecule has 0 aliphatic carbocycles. The van der Waals surface area contributed by atoms with Gasteiger partial charge in [0.15, 0.2) is 6.10 Å². The zero-order chi connectivity index (χ0) is 15.4. The van der Waals surface area contributed by atoms with Crippen molar-refractivity contribution in [1.29, 1.82) is 0 Å². The molecule has 0 heterocycles. The monoisotopic (exact) mass is 306 g/mol. The first kappa shape index (κ1) is 15.2. The van der Waals surface area contributed by atoms with Gasteiger partial charge in [-0.05, 0) is 30.3 Å². The molecule has 0 amide bonds. The SMILES string of the molecule is CC(=O)OC(C(=O)c1ccc(Cl)cc1)c1ccccc1F. The minimum atomic E-state index is -1.31. The highest BCUT2D eigenvalue weighted by Gasteiger charge is 2.27. The van der Waals surface area contributed by atoms with Crippen LogP contribution < -0.4 is 0 Å². The molecule has 21 heavy (non-hydrogen) atoms. The number of halogens is 2. The van der Waals surface area contributed by atoms with Crippen molar-refractivity contribution in [3.8, 4) is 0 Å². The Labute approximate surface area is 126 Å². The highest BCUT2D eigenvalue weighted by molar-refractivity contribution is 6.30. The minimum absolute atomic E-state index is 0.0210. The molecule has 0 saturated heterocycles. The molecule has 2 rings (SSSR count). The predicted octanol–water partition coefficient (Wildman–Crippen LogP) is 3.97. The first-order valence-electron chi connectivity index (χ1n) is 6.20. The van der Waals surface area contributed by atoms with E-state index in [1.54, 1.807) is 18.2 Å². The van der Waals surface area contributed by atoms with Gasteiger partial charge in [0.2, 0.25) is 5.78 Å². The van der Waals surface area contributed by atoms with E-state index in [1.807, 2.05) is 0 Å². The average Bonchev–Trinajstić information content (AvgIpc) is 2.45. The van der Waals surface area contributed by atoms with Crippen molar-refractivity contribution < 1.29 is 18.7 Å². The van der Waals surface area contributed by atoms with Crippen LogP contribution in [-0.2, 0) is 9.53 Å². The fourth-order valence-electron chi connectivity index (χ4n) is 1.88. The number of benzene rings is 2. The lowest BCUT2D eigenvalue weighted by Crippen LogP contribution is -2.20. The van der Waals surface area contributed by atoms with Gasteiger partial charge < -0.3 is 4.74 Å². The van der Waals surface area contributed by atoms with Crippen LogP contribution in [0.2, 0.25) is 5.02 Å². The highest BCUT2D eigenvalue weighted by atomic mass is 35.5. The Morgan fingerprint density at radius 3 is 2.29 bits per heavy atom. The van der Waals surface area contributed by atoms with Gasteiger partial charge in [0.1, 0.15) is 5.82 Å². The Morgan fingerprint density at radius 1 is 1.10 bits per heavy atom. The molecule has 0 N–H and O–H groups in total. The predicted molar refractivity (Wildman–Crippen MR) is 76.7 cm³/mol. The van der Waals surface area contributed by atoms with Gasteiger partial charge in [-0.15, -0.1) is 0 Å². The minimum Gasteiger partial charge on any atom is -0.449 e. The molecule has 0 aromatic heterocycles. The van der Waals surface area contributed by atoms with Crippen LogP contribution in [-0.4, -0.2) is 11.8 Å². The molecule has 0 spiro atoms. The second-order valence-electron chi connectivity index (χ2n) is 4.38. The maximum absolute atomic E-state index is 13.9. The van der Waals surface area contributed by atoms with E-state index in [0.29, 0.717) is 5.02 Å². The van der Waals surface area contributed by atoms with E-state index >= 15 is 0 Å². The van der Waals surface area contributed by atoms with Gasteiger partial charge in [-0.1, -0.05) is 29.8 Å². The molecule has 2 aromatic carbocycles. The third-order valence-electron chi connectivity index (χ3n) is 2.84. The third-order valence-corrected chi connectivity index (χ3v) is 3.09. The second-order valence-corrected chi connectivity index (χ2v) is 4.82. The maximum Gasteiger partial charge on any atom is 0.303 e. The van der Waals surface area contributed by atoms with Gasteiger partial charge in [0.25, 0.3) is 0 Å². The van der Waals surface area contributed by atoms with E-state index in [2.05, 4.69) is 0 Å². The van der Waals surface area contributed by atoms with Gasteiger partial charge in [-0.3, -0.25) is 9.59 Å². The van der Waals surface area contributed by atoms with Crippen LogP contribution in [0.25, 0.3) is 0 Å². The van der Waals surface area contributed by atoms with Crippen molar-refractivity contribution >= 4 is 23.4 Å². The normalized spacial score (nSPS) is 11.8. The summed E-state index contributed by atoms with van der Waals surface area (Å²) >= 11 is 5.77. The molecule has 108 valence electrons. The number of carbonyl (C=O) groups is 2. The van der Waals surface area contributed by atoms with E-state index in [0.717, 1.165) is 0 Å². The van der Waals surface area contributed by atoms with Crippen LogP contribution >= 0.6 is 11.6 Å². The quantitative estimate of drug-likeness (QED) is 0.634. The molecule has 0 saturated carbocycles. The maximum atomic E-state index is 13.9. The summed E-state index contributed by atoms with van der Waals surface area (Å²) < 4.78 is 18.9. The van der Waals surface area contributed by atoms with E-state index in [-0.39, 0.29) is 11.1 Å². The van der Waals surface area contributed by atoms with E-state index in [1.165, 1.54) is 37.3 Å². The van der Waals surface area contributed by atoms with Gasteiger partial charge >= 0.3 is 5.97 Å². The number of esters is 1. The molecule has 0 aliphatic heterocycles. The Balaban J connectivity index is 2.41. The van der Waals surface area contributed by atoms with Gasteiger partial charge in [-0.25, -0.2) is 4.39 Å². The Morgan fingerprint density at radius 2 is 1.71 bits per heavy atom. The van der Waals surface area contributed by atoms with Crippen molar-refractivity contribution in [3.05, 3.63) is 70.5 Å². The Hall–Kier alpha value is -2.20. The number of rotatable bonds is 4. The molecular formula is C16H12ClFO3. The number of carbonyl (C=O) groups excluding carboxylic acids is 2. The smallest absolute Gasteiger partial charge is 0.303 e. The molecule has 0 radical (unpaired) electrons. The van der Waals surface area contributed by atoms with Gasteiger partial charge in [0.05, 0.1) is 0 Å². The lowest BCUT2D eigenvalue weighted by Gasteiger charge is -2.17. The molecule has 0 bridgehead atoms. The molecule has 1 atom stereocenters. The fourth-order valence-corrected chi connectivity index (χ4v) is 2.00. The van der Waals surface area contributed by atoms with Crippen LogP contribution in [0.4, 0.5) is 4.39 Å². The van der Waals surface area contributed by atoms with Crippen molar-refractivity contribution in [3.63, 3.8) is 0 Å². The van der Waals surface area contributed by atoms with Crippen molar-refractivity contribution in [2.75, 3.05) is 0 Å². The Bertz CT molecular complexity index is 667. The van der Waals surface area contributed by atoms with E-state index in [4.69, 9.17) is 16.3 Å². The summed E-state index contributed by atoms with van der Waals surface area (Å²) in [5, 5.41) is 0.474. The first-order chi connectivity index (χ1) is 9.99. The van der Waals surface area contributed by atoms with Crippen molar-refractivity contribution in [1.82, 2.24) is 0 Å². The zero-order valence-corrected chi connectivity index (χ0v) is 11.9. The average molecular weight is 307 g/mol. The molecule has 1 unspecified atom stereocenters. The lowest BCUT2D eigenvalue weighted by molar-refractivity contribution is -0.144. The number of ketones is 1. The number of ether oxygens (including phenoxy) is 1. The van der Waals surface area contributed by atoms with E-state index < -0.39 is 23.7 Å². The fraction of sp³-hybridized carbons (Fsp3) is 0.125. The zero-order valence-electron chi connectivity index (χ0n) is 11.2. The Kier molecular flexibility index (Phi) is 4.70. The first-order valence-corrected chi connectivity index (χ1v) is 6.58. The summed E-state index contributed by atoms with van der Waals surface area (Å²) in [7, 11) is 0. The topological polar surface area (TPSA) is 43.4 Å². The largest absolute Gasteiger partial charge is 0.449 e. The summed E-state index contributed by atoms with van der Waals surface area (Å²) in [5.74, 6) is -1.77. The van der Waals surface area contributed by atoms with Gasteiger partial charge in [-0.2, -0.15) is 0 Å². The molecule has 3 nitrogen and oxygen atoms in total. The van der Waals surface area contributed by atoms with Crippen molar-refractivity contribution in [2.24, 2.45) is 0 Å². The van der Waals surface area contributed by atoms with Gasteiger partial charge in [0, 0.05) is 23.1 Å². The summed E-state index contributed by atoms with van der Waals surface area (Å²) in [4.78, 5) is 23.7. The summed E-state index contributed by atoms with van der Waals surface area (Å²) in [6.07, 6.45) is -1.31. The summed E-state index contributed by atoms with van der Waals surface area (Å²) in [6.45, 7) is 1.17. The van der Waals surface area contributed by atoms with E-state index in [9.17, 15) is 14.0 Å². The molecule has 2 aromatic rings. The standard InChI is InChI=1S/C16H12ClFO3/c1-10(19)21-16(13-4-2-3-5-14(13)18)15(20)11-6-8-12(17)9-7-11/h2-9,16H,1H3. The number of Topliss-reactive ketones (excluding diaryl/α,β-unsaturated/α-hetero) is 1. The third kappa shape index (κ3) is 3.67. The second kappa shape index (κ2) is 6.50. The molecule has 0 fully saturated rings. The van der Waals surface area contributed by atoms with Crippen LogP contribution in [0.3, 0.4) is 0 Å². The van der Waals surface area contributed by atoms with Crippen LogP contribution in [0.1, 0.15) is 28.9 Å². The lowest BCUT2D eigenvalue weighted by atomic mass is 9.99. The van der Waals surface area contributed by atoms with Crippen LogP contribution in [0.15, 0.2) is 48.5 Å². The number of hydrogen-bond donors (Lipinski definition) is 0. The molecule has 5 heteroatoms. The van der Waals surface area contributed by atoms with Crippen LogP contribution in [0.5, 0.6) is 0 Å².